The number of nitrogen functional groups attached to an aromatic ring is 1. The number of nitrogens with two attached hydrogens (primary N) is 1. The highest BCUT2D eigenvalue weighted by Gasteiger charge is 2.12. The van der Waals surface area contributed by atoms with E-state index in [9.17, 15) is 0 Å². The molecule has 0 bridgehead atoms. The highest BCUT2D eigenvalue weighted by molar-refractivity contribution is 5.74. The Morgan fingerprint density at radius 3 is 2.35 bits per heavy atom. The van der Waals surface area contributed by atoms with Gasteiger partial charge in [-0.2, -0.15) is 0 Å². The lowest BCUT2D eigenvalue weighted by molar-refractivity contribution is -0.106. The van der Waals surface area contributed by atoms with E-state index in [1.807, 2.05) is 24.3 Å². The zero-order valence-electron chi connectivity index (χ0n) is 11.8. The summed E-state index contributed by atoms with van der Waals surface area (Å²) < 4.78 is 15.7. The van der Waals surface area contributed by atoms with Gasteiger partial charge in [0.15, 0.2) is 12.0 Å². The van der Waals surface area contributed by atoms with Crippen LogP contribution in [0.25, 0.3) is 11.3 Å². The number of rotatable bonds is 5. The first-order chi connectivity index (χ1) is 9.71. The van der Waals surface area contributed by atoms with E-state index in [2.05, 4.69) is 4.98 Å². The Balaban J connectivity index is 2.38. The monoisotopic (exact) mass is 274 g/mol. The van der Waals surface area contributed by atoms with Crippen molar-refractivity contribution in [2.24, 2.45) is 0 Å². The number of ether oxygens (including phenoxy) is 3. The van der Waals surface area contributed by atoms with Gasteiger partial charge in [-0.25, -0.2) is 0 Å². The van der Waals surface area contributed by atoms with E-state index in [-0.39, 0.29) is 0 Å². The van der Waals surface area contributed by atoms with Crippen LogP contribution in [-0.2, 0) is 9.47 Å². The molecule has 5 heteroatoms. The van der Waals surface area contributed by atoms with Crippen LogP contribution < -0.4 is 10.5 Å². The number of pyridine rings is 1. The number of methoxy groups -OCH3 is 3. The molecule has 20 heavy (non-hydrogen) atoms. The van der Waals surface area contributed by atoms with Gasteiger partial charge in [-0.05, 0) is 18.2 Å². The van der Waals surface area contributed by atoms with Gasteiger partial charge >= 0.3 is 0 Å². The molecular weight excluding hydrogens is 256 g/mol. The SMILES string of the molecule is COc1c(N)cccc1-c1ccc(C(OC)OC)cn1. The second-order valence-electron chi connectivity index (χ2n) is 4.21. The van der Waals surface area contributed by atoms with Gasteiger partial charge in [-0.15, -0.1) is 0 Å². The largest absolute Gasteiger partial charge is 0.494 e. The van der Waals surface area contributed by atoms with Gasteiger partial charge in [-0.1, -0.05) is 12.1 Å². The maximum Gasteiger partial charge on any atom is 0.184 e. The van der Waals surface area contributed by atoms with Crippen LogP contribution in [0.15, 0.2) is 36.5 Å². The normalized spacial score (nSPS) is 10.8. The molecule has 0 unspecified atom stereocenters. The van der Waals surface area contributed by atoms with Crippen molar-refractivity contribution in [1.82, 2.24) is 4.98 Å². The summed E-state index contributed by atoms with van der Waals surface area (Å²) in [7, 11) is 4.77. The minimum absolute atomic E-state index is 0.417. The van der Waals surface area contributed by atoms with Gasteiger partial charge in [0.2, 0.25) is 0 Å². The molecule has 106 valence electrons. The number of para-hydroxylation sites is 1. The molecule has 2 aromatic rings. The summed E-state index contributed by atoms with van der Waals surface area (Å²) in [6.07, 6.45) is 1.30. The Morgan fingerprint density at radius 1 is 1.05 bits per heavy atom. The van der Waals surface area contributed by atoms with Crippen LogP contribution in [0.1, 0.15) is 11.9 Å². The molecule has 0 saturated heterocycles. The fraction of sp³-hybridized carbons (Fsp3) is 0.267. The van der Waals surface area contributed by atoms with Crippen LogP contribution >= 0.6 is 0 Å². The zero-order valence-corrected chi connectivity index (χ0v) is 11.8. The molecule has 1 aromatic carbocycles. The van der Waals surface area contributed by atoms with Crippen molar-refractivity contribution in [3.63, 3.8) is 0 Å². The quantitative estimate of drug-likeness (QED) is 0.670. The fourth-order valence-electron chi connectivity index (χ4n) is 2.06. The van der Waals surface area contributed by atoms with Crippen molar-refractivity contribution in [3.05, 3.63) is 42.1 Å². The van der Waals surface area contributed by atoms with E-state index < -0.39 is 6.29 Å². The molecule has 2 N–H and O–H groups in total. The Hall–Kier alpha value is -2.11. The Bertz CT molecular complexity index is 566. The predicted octanol–water partition coefficient (Wildman–Crippen LogP) is 2.63. The summed E-state index contributed by atoms with van der Waals surface area (Å²) in [4.78, 5) is 4.42. The molecule has 0 radical (unpaired) electrons. The number of anilines is 1. The summed E-state index contributed by atoms with van der Waals surface area (Å²) >= 11 is 0. The van der Waals surface area contributed by atoms with Crippen LogP contribution in [0.4, 0.5) is 5.69 Å². The second-order valence-corrected chi connectivity index (χ2v) is 4.21. The molecule has 0 aliphatic rings. The van der Waals surface area contributed by atoms with Gasteiger partial charge in [-0.3, -0.25) is 4.98 Å². The summed E-state index contributed by atoms with van der Waals surface area (Å²) in [5.41, 5.74) is 8.97. The summed E-state index contributed by atoms with van der Waals surface area (Å²) in [6.45, 7) is 0. The summed E-state index contributed by atoms with van der Waals surface area (Å²) in [6, 6.07) is 9.38. The van der Waals surface area contributed by atoms with E-state index in [0.717, 1.165) is 16.8 Å². The maximum atomic E-state index is 5.90. The standard InChI is InChI=1S/C15H18N2O3/c1-18-14-11(5-4-6-12(14)16)13-8-7-10(9-17-13)15(19-2)20-3/h4-9,15H,16H2,1-3H3. The van der Waals surface area contributed by atoms with Gasteiger partial charge in [0.25, 0.3) is 0 Å². The molecule has 5 nitrogen and oxygen atoms in total. The van der Waals surface area contributed by atoms with Crippen LogP contribution in [0.3, 0.4) is 0 Å². The number of nitrogens with zero attached hydrogens (tertiary/aromatic N) is 1. The smallest absolute Gasteiger partial charge is 0.184 e. The Labute approximate surface area is 118 Å². The minimum atomic E-state index is -0.417. The van der Waals surface area contributed by atoms with Gasteiger partial charge < -0.3 is 19.9 Å². The molecule has 0 spiro atoms. The Kier molecular flexibility index (Phi) is 4.55. The van der Waals surface area contributed by atoms with E-state index >= 15 is 0 Å². The molecule has 0 atom stereocenters. The molecule has 1 heterocycles. The highest BCUT2D eigenvalue weighted by Crippen LogP contribution is 2.33. The Morgan fingerprint density at radius 2 is 1.80 bits per heavy atom. The minimum Gasteiger partial charge on any atom is -0.494 e. The summed E-state index contributed by atoms with van der Waals surface area (Å²) in [5, 5.41) is 0. The lowest BCUT2D eigenvalue weighted by Gasteiger charge is -2.14. The van der Waals surface area contributed by atoms with E-state index in [1.165, 1.54) is 0 Å². The van der Waals surface area contributed by atoms with Gasteiger partial charge in [0, 0.05) is 31.5 Å². The lowest BCUT2D eigenvalue weighted by atomic mass is 10.1. The number of benzene rings is 1. The van der Waals surface area contributed by atoms with Crippen molar-refractivity contribution < 1.29 is 14.2 Å². The van der Waals surface area contributed by atoms with Crippen LogP contribution in [0.5, 0.6) is 5.75 Å². The average molecular weight is 274 g/mol. The number of hydrogen-bond acceptors (Lipinski definition) is 5. The molecule has 1 aromatic heterocycles. The first-order valence-corrected chi connectivity index (χ1v) is 6.15. The van der Waals surface area contributed by atoms with Crippen molar-refractivity contribution in [3.8, 4) is 17.0 Å². The van der Waals surface area contributed by atoms with Crippen molar-refractivity contribution >= 4 is 5.69 Å². The third-order valence-corrected chi connectivity index (χ3v) is 3.01. The third kappa shape index (κ3) is 2.74. The zero-order chi connectivity index (χ0) is 14.5. The van der Waals surface area contributed by atoms with Crippen LogP contribution in [-0.4, -0.2) is 26.3 Å². The van der Waals surface area contributed by atoms with E-state index in [1.54, 1.807) is 33.6 Å². The third-order valence-electron chi connectivity index (χ3n) is 3.01. The second kappa shape index (κ2) is 6.36. The molecule has 0 amide bonds. The highest BCUT2D eigenvalue weighted by atomic mass is 16.7. The van der Waals surface area contributed by atoms with E-state index in [0.29, 0.717) is 11.4 Å². The van der Waals surface area contributed by atoms with Crippen LogP contribution in [0, 0.1) is 0 Å². The first-order valence-electron chi connectivity index (χ1n) is 6.15. The molecule has 0 aliphatic heterocycles. The van der Waals surface area contributed by atoms with Gasteiger partial charge in [0.05, 0.1) is 18.5 Å². The predicted molar refractivity (Wildman–Crippen MR) is 77.4 cm³/mol. The van der Waals surface area contributed by atoms with Gasteiger partial charge in [0.1, 0.15) is 0 Å². The molecule has 0 fully saturated rings. The van der Waals surface area contributed by atoms with Crippen molar-refractivity contribution in [2.75, 3.05) is 27.1 Å². The fourth-order valence-corrected chi connectivity index (χ4v) is 2.06. The number of hydrogen-bond donors (Lipinski definition) is 1. The maximum absolute atomic E-state index is 5.90. The molecule has 0 saturated carbocycles. The molecular formula is C15H18N2O3. The average Bonchev–Trinajstić information content (AvgIpc) is 2.49. The van der Waals surface area contributed by atoms with Crippen LogP contribution in [0.2, 0.25) is 0 Å². The molecule has 0 aliphatic carbocycles. The van der Waals surface area contributed by atoms with Crippen molar-refractivity contribution in [2.45, 2.75) is 6.29 Å². The summed E-state index contributed by atoms with van der Waals surface area (Å²) in [5.74, 6) is 0.628. The van der Waals surface area contributed by atoms with Crippen molar-refractivity contribution in [1.29, 1.82) is 0 Å². The first kappa shape index (κ1) is 14.3. The lowest BCUT2D eigenvalue weighted by Crippen LogP contribution is -2.04. The topological polar surface area (TPSA) is 66.6 Å². The number of aromatic nitrogens is 1. The molecule has 2 rings (SSSR count). The van der Waals surface area contributed by atoms with E-state index in [4.69, 9.17) is 19.9 Å².